The van der Waals surface area contributed by atoms with Gasteiger partial charge in [-0.05, 0) is 42.9 Å². The Hall–Kier alpha value is -0.880. The van der Waals surface area contributed by atoms with Crippen molar-refractivity contribution in [3.05, 3.63) is 10.7 Å². The van der Waals surface area contributed by atoms with Crippen LogP contribution in [-0.2, 0) is 0 Å². The van der Waals surface area contributed by atoms with Crippen LogP contribution in [0.3, 0.4) is 0 Å². The van der Waals surface area contributed by atoms with Crippen LogP contribution in [0.25, 0.3) is 0 Å². The normalized spacial score (nSPS) is 21.8. The maximum atomic E-state index is 4.57. The monoisotopic (exact) mass is 313 g/mol. The predicted molar refractivity (Wildman–Crippen MR) is 78.2 cm³/mol. The second-order valence-corrected chi connectivity index (χ2v) is 5.63. The Morgan fingerprint density at radius 3 is 2.94 bits per heavy atom. The third-order valence-corrected chi connectivity index (χ3v) is 3.83. The number of anilines is 2. The Balaban J connectivity index is 2.28. The maximum Gasteiger partial charge on any atom is 0.224 e. The van der Waals surface area contributed by atoms with Gasteiger partial charge in [0.1, 0.15) is 5.82 Å². The Bertz CT molecular complexity index is 411. The molecule has 0 saturated carbocycles. The molecule has 1 aliphatic rings. The van der Waals surface area contributed by atoms with Crippen molar-refractivity contribution in [1.82, 2.24) is 14.9 Å². The molecule has 1 saturated heterocycles. The van der Waals surface area contributed by atoms with Crippen LogP contribution < -0.4 is 10.2 Å². The van der Waals surface area contributed by atoms with Crippen molar-refractivity contribution in [3.8, 4) is 0 Å². The van der Waals surface area contributed by atoms with Crippen LogP contribution in [0, 0.1) is 0 Å². The third kappa shape index (κ3) is 2.92. The molecule has 1 aliphatic heterocycles. The van der Waals surface area contributed by atoms with Gasteiger partial charge in [-0.1, -0.05) is 0 Å². The highest BCUT2D eigenvalue weighted by Gasteiger charge is 2.23. The van der Waals surface area contributed by atoms with Gasteiger partial charge in [0, 0.05) is 32.4 Å². The summed E-state index contributed by atoms with van der Waals surface area (Å²) in [7, 11) is 4.01. The smallest absolute Gasteiger partial charge is 0.224 e. The van der Waals surface area contributed by atoms with Crippen molar-refractivity contribution in [2.45, 2.75) is 19.4 Å². The molecule has 0 bridgehead atoms. The lowest BCUT2D eigenvalue weighted by Crippen LogP contribution is -2.38. The Morgan fingerprint density at radius 1 is 1.44 bits per heavy atom. The molecule has 2 rings (SSSR count). The molecule has 1 N–H and O–H groups in total. The minimum atomic E-state index is 0.452. The van der Waals surface area contributed by atoms with Gasteiger partial charge in [-0.2, -0.15) is 4.98 Å². The average molecular weight is 314 g/mol. The molecule has 1 unspecified atom stereocenters. The molecule has 0 aliphatic carbocycles. The number of likely N-dealkylation sites (N-methyl/N-ethyl adjacent to an activating group) is 1. The van der Waals surface area contributed by atoms with Crippen molar-refractivity contribution < 1.29 is 0 Å². The molecule has 100 valence electrons. The van der Waals surface area contributed by atoms with E-state index in [0.29, 0.717) is 12.0 Å². The minimum Gasteiger partial charge on any atom is -0.357 e. The lowest BCUT2D eigenvalue weighted by Gasteiger charge is -2.29. The summed E-state index contributed by atoms with van der Waals surface area (Å²) in [6.07, 6.45) is 2.97. The van der Waals surface area contributed by atoms with Crippen molar-refractivity contribution in [2.24, 2.45) is 0 Å². The molecule has 6 heteroatoms. The molecular formula is C12H20BrN5. The first-order valence-electron chi connectivity index (χ1n) is 6.27. The first kappa shape index (κ1) is 13.5. The van der Waals surface area contributed by atoms with Crippen LogP contribution in [0.1, 0.15) is 13.3 Å². The zero-order valence-corrected chi connectivity index (χ0v) is 12.7. The quantitative estimate of drug-likeness (QED) is 0.902. The van der Waals surface area contributed by atoms with E-state index in [4.69, 9.17) is 0 Å². The molecular weight excluding hydrogens is 294 g/mol. The molecule has 1 atom stereocenters. The molecule has 5 nitrogen and oxygen atoms in total. The number of aromatic nitrogens is 2. The lowest BCUT2D eigenvalue weighted by atomic mass is 10.2. The third-order valence-electron chi connectivity index (χ3n) is 3.27. The van der Waals surface area contributed by atoms with Gasteiger partial charge in [0.25, 0.3) is 0 Å². The van der Waals surface area contributed by atoms with E-state index >= 15 is 0 Å². The van der Waals surface area contributed by atoms with E-state index in [0.717, 1.165) is 36.3 Å². The summed E-state index contributed by atoms with van der Waals surface area (Å²) in [5.74, 6) is 1.65. The molecule has 0 amide bonds. The summed E-state index contributed by atoms with van der Waals surface area (Å²) in [5.41, 5.74) is 0. The van der Waals surface area contributed by atoms with Crippen LogP contribution in [0.5, 0.6) is 0 Å². The summed E-state index contributed by atoms with van der Waals surface area (Å²) in [4.78, 5) is 13.5. The van der Waals surface area contributed by atoms with E-state index < -0.39 is 0 Å². The standard InChI is InChI=1S/C12H20BrN5/c1-9-8-17(3)5-4-6-18(9)11-10(13)7-15-12(14-2)16-11/h7,9H,4-6,8H2,1-3H3,(H,14,15,16). The molecule has 18 heavy (non-hydrogen) atoms. The number of nitrogens with zero attached hydrogens (tertiary/aromatic N) is 4. The van der Waals surface area contributed by atoms with Crippen LogP contribution in [0.2, 0.25) is 0 Å². The van der Waals surface area contributed by atoms with Gasteiger partial charge in [-0.3, -0.25) is 0 Å². The van der Waals surface area contributed by atoms with Crippen LogP contribution in [0.15, 0.2) is 10.7 Å². The van der Waals surface area contributed by atoms with Crippen molar-refractivity contribution >= 4 is 27.7 Å². The van der Waals surface area contributed by atoms with E-state index in [9.17, 15) is 0 Å². The van der Waals surface area contributed by atoms with Crippen LogP contribution in [0.4, 0.5) is 11.8 Å². The van der Waals surface area contributed by atoms with Gasteiger partial charge in [-0.15, -0.1) is 0 Å². The fourth-order valence-corrected chi connectivity index (χ4v) is 2.79. The van der Waals surface area contributed by atoms with Crippen molar-refractivity contribution in [3.63, 3.8) is 0 Å². The van der Waals surface area contributed by atoms with E-state index in [1.165, 1.54) is 0 Å². The van der Waals surface area contributed by atoms with Crippen LogP contribution >= 0.6 is 15.9 Å². The second-order valence-electron chi connectivity index (χ2n) is 4.77. The first-order valence-corrected chi connectivity index (χ1v) is 7.06. The van der Waals surface area contributed by atoms with Gasteiger partial charge in [0.2, 0.25) is 5.95 Å². The van der Waals surface area contributed by atoms with Gasteiger partial charge < -0.3 is 15.1 Å². The fraction of sp³-hybridized carbons (Fsp3) is 0.667. The topological polar surface area (TPSA) is 44.3 Å². The summed E-state index contributed by atoms with van der Waals surface area (Å²) in [6, 6.07) is 0.452. The Labute approximate surface area is 117 Å². The van der Waals surface area contributed by atoms with Crippen molar-refractivity contribution in [1.29, 1.82) is 0 Å². The van der Waals surface area contributed by atoms with Gasteiger partial charge in [-0.25, -0.2) is 4.98 Å². The van der Waals surface area contributed by atoms with Crippen molar-refractivity contribution in [2.75, 3.05) is 43.9 Å². The first-order chi connectivity index (χ1) is 8.61. The highest BCUT2D eigenvalue weighted by atomic mass is 79.9. The number of hydrogen-bond acceptors (Lipinski definition) is 5. The van der Waals surface area contributed by atoms with Gasteiger partial charge >= 0.3 is 0 Å². The zero-order valence-electron chi connectivity index (χ0n) is 11.1. The summed E-state index contributed by atoms with van der Waals surface area (Å²) >= 11 is 3.56. The molecule has 0 aromatic carbocycles. The fourth-order valence-electron chi connectivity index (χ4n) is 2.37. The van der Waals surface area contributed by atoms with E-state index in [1.807, 2.05) is 13.2 Å². The maximum absolute atomic E-state index is 4.57. The average Bonchev–Trinajstić information content (AvgIpc) is 2.51. The molecule has 1 aromatic rings. The van der Waals surface area contributed by atoms with E-state index in [1.54, 1.807) is 0 Å². The molecule has 2 heterocycles. The van der Waals surface area contributed by atoms with Crippen LogP contribution in [-0.4, -0.2) is 54.6 Å². The van der Waals surface area contributed by atoms with Gasteiger partial charge in [0.05, 0.1) is 4.47 Å². The number of rotatable bonds is 2. The summed E-state index contributed by atoms with van der Waals surface area (Å²) in [6.45, 7) is 5.48. The molecule has 0 spiro atoms. The minimum absolute atomic E-state index is 0.452. The summed E-state index contributed by atoms with van der Waals surface area (Å²) < 4.78 is 0.956. The largest absolute Gasteiger partial charge is 0.357 e. The number of nitrogens with one attached hydrogen (secondary N) is 1. The highest BCUT2D eigenvalue weighted by molar-refractivity contribution is 9.10. The highest BCUT2D eigenvalue weighted by Crippen LogP contribution is 2.27. The lowest BCUT2D eigenvalue weighted by molar-refractivity contribution is 0.337. The van der Waals surface area contributed by atoms with Gasteiger partial charge in [0.15, 0.2) is 0 Å². The molecule has 1 fully saturated rings. The Morgan fingerprint density at radius 2 is 2.22 bits per heavy atom. The number of hydrogen-bond donors (Lipinski definition) is 1. The SMILES string of the molecule is CNc1ncc(Br)c(N2CCCN(C)CC2C)n1. The number of halogens is 1. The summed E-state index contributed by atoms with van der Waals surface area (Å²) in [5, 5.41) is 2.99. The Kier molecular flexibility index (Phi) is 4.40. The molecule has 0 radical (unpaired) electrons. The second kappa shape index (κ2) is 5.84. The molecule has 1 aromatic heterocycles. The predicted octanol–water partition coefficient (Wildman–Crippen LogP) is 1.81. The van der Waals surface area contributed by atoms with E-state index in [2.05, 4.69) is 55.0 Å². The zero-order chi connectivity index (χ0) is 13.1. The van der Waals surface area contributed by atoms with E-state index in [-0.39, 0.29) is 0 Å².